The second-order valence-corrected chi connectivity index (χ2v) is 5.19. The number of urea groups is 1. The van der Waals surface area contributed by atoms with Crippen molar-refractivity contribution in [3.63, 3.8) is 0 Å². The number of alkyl halides is 1. The Balaban J connectivity index is 1.85. The molecule has 2 rings (SSSR count). The lowest BCUT2D eigenvalue weighted by atomic mass is 9.86. The molecule has 0 aliphatic carbocycles. The molecule has 1 aliphatic rings. The van der Waals surface area contributed by atoms with E-state index >= 15 is 0 Å². The summed E-state index contributed by atoms with van der Waals surface area (Å²) in [7, 11) is 0. The first-order chi connectivity index (χ1) is 10.0. The van der Waals surface area contributed by atoms with E-state index in [1.807, 2.05) is 18.2 Å². The molecule has 0 aromatic heterocycles. The molecule has 2 N–H and O–H groups in total. The minimum absolute atomic E-state index is 0.0874. The zero-order valence-electron chi connectivity index (χ0n) is 11.7. The predicted octanol–water partition coefficient (Wildman–Crippen LogP) is 2.13. The number of likely N-dealkylation sites (tertiary alicyclic amines) is 1. The highest BCUT2D eigenvalue weighted by molar-refractivity contribution is 5.75. The van der Waals surface area contributed by atoms with Crippen LogP contribution in [0.2, 0.25) is 0 Å². The molecule has 1 saturated heterocycles. The molecule has 0 atom stereocenters. The SMILES string of the molecule is O=C(O)CCNC(=O)N1CCC(F)(c2ccccc2)CC1. The number of benzene rings is 1. The third-order valence-corrected chi connectivity index (χ3v) is 3.75. The Kier molecular flexibility index (Phi) is 4.77. The van der Waals surface area contributed by atoms with Gasteiger partial charge in [-0.15, -0.1) is 0 Å². The van der Waals surface area contributed by atoms with Crippen LogP contribution in [0.5, 0.6) is 0 Å². The van der Waals surface area contributed by atoms with Gasteiger partial charge in [-0.2, -0.15) is 0 Å². The summed E-state index contributed by atoms with van der Waals surface area (Å²) in [6.45, 7) is 0.735. The third-order valence-electron chi connectivity index (χ3n) is 3.75. The highest BCUT2D eigenvalue weighted by atomic mass is 19.1. The van der Waals surface area contributed by atoms with Gasteiger partial charge in [0, 0.05) is 32.5 Å². The largest absolute Gasteiger partial charge is 0.481 e. The average molecular weight is 294 g/mol. The minimum Gasteiger partial charge on any atom is -0.481 e. The molecule has 0 spiro atoms. The van der Waals surface area contributed by atoms with E-state index in [-0.39, 0.29) is 31.8 Å². The molecule has 0 unspecified atom stereocenters. The van der Waals surface area contributed by atoms with Gasteiger partial charge in [-0.25, -0.2) is 9.18 Å². The molecule has 5 nitrogen and oxygen atoms in total. The van der Waals surface area contributed by atoms with Crippen LogP contribution in [0.25, 0.3) is 0 Å². The van der Waals surface area contributed by atoms with E-state index in [9.17, 15) is 14.0 Å². The van der Waals surface area contributed by atoms with Crippen LogP contribution in [0.1, 0.15) is 24.8 Å². The predicted molar refractivity (Wildman–Crippen MR) is 75.7 cm³/mol. The highest BCUT2D eigenvalue weighted by Crippen LogP contribution is 2.36. The Morgan fingerprint density at radius 2 is 1.86 bits per heavy atom. The molecule has 1 aromatic rings. The number of nitrogens with zero attached hydrogens (tertiary/aromatic N) is 1. The molecule has 6 heteroatoms. The normalized spacial score (nSPS) is 17.3. The second-order valence-electron chi connectivity index (χ2n) is 5.19. The fourth-order valence-corrected chi connectivity index (χ4v) is 2.48. The van der Waals surface area contributed by atoms with Crippen molar-refractivity contribution in [2.24, 2.45) is 0 Å². The maximum Gasteiger partial charge on any atom is 0.317 e. The third kappa shape index (κ3) is 3.93. The number of aliphatic carboxylic acids is 1. The number of amides is 2. The molecule has 21 heavy (non-hydrogen) atoms. The number of hydrogen-bond donors (Lipinski definition) is 2. The second kappa shape index (κ2) is 6.56. The van der Waals surface area contributed by atoms with Crippen molar-refractivity contribution >= 4 is 12.0 Å². The summed E-state index contributed by atoms with van der Waals surface area (Å²) in [6.07, 6.45) is 0.392. The van der Waals surface area contributed by atoms with Gasteiger partial charge in [0.1, 0.15) is 5.67 Å². The molecular weight excluding hydrogens is 275 g/mol. The number of carboxylic acid groups (broad SMARTS) is 1. The number of nitrogens with one attached hydrogen (secondary N) is 1. The number of piperidine rings is 1. The van der Waals surface area contributed by atoms with Crippen molar-refractivity contribution in [3.05, 3.63) is 35.9 Å². The quantitative estimate of drug-likeness (QED) is 0.893. The van der Waals surface area contributed by atoms with Gasteiger partial charge in [-0.05, 0) is 5.56 Å². The van der Waals surface area contributed by atoms with E-state index in [0.717, 1.165) is 0 Å². The van der Waals surface area contributed by atoms with Crippen molar-refractivity contribution < 1.29 is 19.1 Å². The van der Waals surface area contributed by atoms with Crippen LogP contribution < -0.4 is 5.32 Å². The number of halogens is 1. The summed E-state index contributed by atoms with van der Waals surface area (Å²) in [4.78, 5) is 23.7. The van der Waals surface area contributed by atoms with Gasteiger partial charge in [0.2, 0.25) is 0 Å². The van der Waals surface area contributed by atoms with Crippen LogP contribution in [0.4, 0.5) is 9.18 Å². The molecule has 2 amide bonds. The van der Waals surface area contributed by atoms with Gasteiger partial charge in [0.05, 0.1) is 6.42 Å². The zero-order chi connectivity index (χ0) is 15.3. The first-order valence-electron chi connectivity index (χ1n) is 7.00. The molecular formula is C15H19FN2O3. The number of carbonyl (C=O) groups excluding carboxylic acids is 1. The summed E-state index contributed by atoms with van der Waals surface area (Å²) in [5, 5.41) is 11.1. The first kappa shape index (κ1) is 15.3. The monoisotopic (exact) mass is 294 g/mol. The fourth-order valence-electron chi connectivity index (χ4n) is 2.48. The molecule has 0 radical (unpaired) electrons. The summed E-state index contributed by atoms with van der Waals surface area (Å²) >= 11 is 0. The van der Waals surface area contributed by atoms with E-state index in [1.165, 1.54) is 4.90 Å². The van der Waals surface area contributed by atoms with E-state index < -0.39 is 11.6 Å². The van der Waals surface area contributed by atoms with Crippen LogP contribution in [0.3, 0.4) is 0 Å². The van der Waals surface area contributed by atoms with Crippen molar-refractivity contribution in [1.29, 1.82) is 0 Å². The summed E-state index contributed by atoms with van der Waals surface area (Å²) < 4.78 is 14.9. The van der Waals surface area contributed by atoms with Crippen molar-refractivity contribution in [1.82, 2.24) is 10.2 Å². The number of hydrogen-bond acceptors (Lipinski definition) is 2. The van der Waals surface area contributed by atoms with Crippen LogP contribution in [0.15, 0.2) is 30.3 Å². The van der Waals surface area contributed by atoms with E-state index in [0.29, 0.717) is 18.7 Å². The Bertz CT molecular complexity index is 499. The van der Waals surface area contributed by atoms with Gasteiger partial charge >= 0.3 is 12.0 Å². The number of rotatable bonds is 4. The fraction of sp³-hybridized carbons (Fsp3) is 0.467. The summed E-state index contributed by atoms with van der Waals surface area (Å²) in [5.41, 5.74) is -0.741. The summed E-state index contributed by atoms with van der Waals surface area (Å²) in [5.74, 6) is -0.958. The van der Waals surface area contributed by atoms with Gasteiger partial charge in [0.15, 0.2) is 0 Å². The Labute approximate surface area is 122 Å². The van der Waals surface area contributed by atoms with Gasteiger partial charge < -0.3 is 15.3 Å². The van der Waals surface area contributed by atoms with Crippen LogP contribution in [0, 0.1) is 0 Å². The smallest absolute Gasteiger partial charge is 0.317 e. The molecule has 0 bridgehead atoms. The topological polar surface area (TPSA) is 69.6 Å². The lowest BCUT2D eigenvalue weighted by molar-refractivity contribution is -0.136. The Morgan fingerprint density at radius 1 is 1.24 bits per heavy atom. The standard InChI is InChI=1S/C15H19FN2O3/c16-15(12-4-2-1-3-5-12)7-10-18(11-8-15)14(21)17-9-6-13(19)20/h1-5H,6-11H2,(H,17,21)(H,19,20). The summed E-state index contributed by atoms with van der Waals surface area (Å²) in [6, 6.07) is 8.66. The number of carboxylic acids is 1. The zero-order valence-corrected chi connectivity index (χ0v) is 11.7. The maximum absolute atomic E-state index is 14.9. The highest BCUT2D eigenvalue weighted by Gasteiger charge is 2.37. The Morgan fingerprint density at radius 3 is 2.43 bits per heavy atom. The first-order valence-corrected chi connectivity index (χ1v) is 7.00. The molecule has 114 valence electrons. The van der Waals surface area contributed by atoms with Crippen molar-refractivity contribution in [3.8, 4) is 0 Å². The number of carbonyl (C=O) groups is 2. The van der Waals surface area contributed by atoms with Gasteiger partial charge in [-0.3, -0.25) is 4.79 Å². The van der Waals surface area contributed by atoms with Crippen molar-refractivity contribution in [2.45, 2.75) is 24.9 Å². The van der Waals surface area contributed by atoms with Crippen LogP contribution >= 0.6 is 0 Å². The maximum atomic E-state index is 14.9. The average Bonchev–Trinajstić information content (AvgIpc) is 2.48. The van der Waals surface area contributed by atoms with E-state index in [2.05, 4.69) is 5.32 Å². The molecule has 1 aromatic carbocycles. The molecule has 1 fully saturated rings. The lowest BCUT2D eigenvalue weighted by Crippen LogP contribution is -2.47. The lowest BCUT2D eigenvalue weighted by Gasteiger charge is -2.36. The van der Waals surface area contributed by atoms with E-state index in [1.54, 1.807) is 12.1 Å². The Hall–Kier alpha value is -2.11. The van der Waals surface area contributed by atoms with Crippen molar-refractivity contribution in [2.75, 3.05) is 19.6 Å². The molecule has 1 heterocycles. The van der Waals surface area contributed by atoms with Crippen LogP contribution in [-0.2, 0) is 10.5 Å². The van der Waals surface area contributed by atoms with E-state index in [4.69, 9.17) is 5.11 Å². The van der Waals surface area contributed by atoms with Gasteiger partial charge in [0.25, 0.3) is 0 Å². The van der Waals surface area contributed by atoms with Gasteiger partial charge in [-0.1, -0.05) is 30.3 Å². The molecule has 1 aliphatic heterocycles. The van der Waals surface area contributed by atoms with Crippen LogP contribution in [-0.4, -0.2) is 41.6 Å². The minimum atomic E-state index is -1.39. The molecule has 0 saturated carbocycles.